The van der Waals surface area contributed by atoms with Crippen LogP contribution in [-0.4, -0.2) is 43.5 Å². The van der Waals surface area contributed by atoms with Gasteiger partial charge in [-0.2, -0.15) is 0 Å². The van der Waals surface area contributed by atoms with E-state index >= 15 is 0 Å². The van der Waals surface area contributed by atoms with Crippen molar-refractivity contribution in [1.82, 2.24) is 15.5 Å². The molecule has 0 aromatic carbocycles. The van der Waals surface area contributed by atoms with Crippen LogP contribution in [0.5, 0.6) is 0 Å². The van der Waals surface area contributed by atoms with Gasteiger partial charge in [0.05, 0.1) is 0 Å². The van der Waals surface area contributed by atoms with Gasteiger partial charge in [-0.25, -0.2) is 4.79 Å². The Hall–Kier alpha value is -1.10. The summed E-state index contributed by atoms with van der Waals surface area (Å²) < 4.78 is 0. The van der Waals surface area contributed by atoms with Gasteiger partial charge in [0.25, 0.3) is 0 Å². The first kappa shape index (κ1) is 8.00. The van der Waals surface area contributed by atoms with Crippen LogP contribution in [0.2, 0.25) is 0 Å². The van der Waals surface area contributed by atoms with Crippen LogP contribution in [0, 0.1) is 0 Å². The highest BCUT2D eigenvalue weighted by Crippen LogP contribution is 1.95. The smallest absolute Gasteiger partial charge is 0.321 e. The summed E-state index contributed by atoms with van der Waals surface area (Å²) in [5, 5.41) is 4.71. The molecule has 1 unspecified atom stereocenters. The zero-order valence-corrected chi connectivity index (χ0v) is 6.55. The van der Waals surface area contributed by atoms with Crippen molar-refractivity contribution in [2.45, 2.75) is 6.04 Å². The second kappa shape index (κ2) is 2.87. The highest BCUT2D eigenvalue weighted by atomic mass is 16.2. The Balaban J connectivity index is 2.57. The van der Waals surface area contributed by atoms with Crippen molar-refractivity contribution < 1.29 is 9.59 Å². The van der Waals surface area contributed by atoms with Crippen LogP contribution in [0.25, 0.3) is 0 Å². The third kappa shape index (κ3) is 1.68. The molecule has 0 aliphatic carbocycles. The minimum atomic E-state index is -0.409. The van der Waals surface area contributed by atoms with Crippen molar-refractivity contribution in [2.75, 3.05) is 20.6 Å². The van der Waals surface area contributed by atoms with Crippen molar-refractivity contribution in [1.29, 1.82) is 0 Å². The lowest BCUT2D eigenvalue weighted by Gasteiger charge is -2.26. The van der Waals surface area contributed by atoms with Crippen LogP contribution in [0.3, 0.4) is 0 Å². The summed E-state index contributed by atoms with van der Waals surface area (Å²) >= 11 is 0. The van der Waals surface area contributed by atoms with Crippen LogP contribution < -0.4 is 10.6 Å². The highest BCUT2D eigenvalue weighted by Gasteiger charge is 2.27. The van der Waals surface area contributed by atoms with Gasteiger partial charge >= 0.3 is 6.03 Å². The quantitative estimate of drug-likeness (QED) is 0.500. The van der Waals surface area contributed by atoms with Crippen LogP contribution >= 0.6 is 0 Å². The molecule has 1 atom stereocenters. The average Bonchev–Trinajstić information content (AvgIpc) is 1.85. The van der Waals surface area contributed by atoms with E-state index in [1.54, 1.807) is 19.0 Å². The number of imide groups is 1. The summed E-state index contributed by atoms with van der Waals surface area (Å²) in [6.07, 6.45) is 0. The molecule has 0 bridgehead atoms. The Morgan fingerprint density at radius 3 is 2.55 bits per heavy atom. The van der Waals surface area contributed by atoms with Crippen molar-refractivity contribution in [3.63, 3.8) is 0 Å². The number of urea groups is 1. The number of nitrogens with one attached hydrogen (secondary N) is 2. The molecule has 1 rings (SSSR count). The van der Waals surface area contributed by atoms with Crippen LogP contribution in [0.15, 0.2) is 0 Å². The van der Waals surface area contributed by atoms with E-state index in [0.717, 1.165) is 0 Å². The summed E-state index contributed by atoms with van der Waals surface area (Å²) in [6.45, 7) is 0.387. The van der Waals surface area contributed by atoms with Gasteiger partial charge in [0.1, 0.15) is 6.04 Å². The number of carbonyl (C=O) groups excluding carboxylic acids is 2. The maximum absolute atomic E-state index is 11.0. The van der Waals surface area contributed by atoms with E-state index in [1.165, 1.54) is 0 Å². The molecule has 1 heterocycles. The number of hydrogen-bond donors (Lipinski definition) is 2. The van der Waals surface area contributed by atoms with E-state index in [4.69, 9.17) is 0 Å². The van der Waals surface area contributed by atoms with Crippen molar-refractivity contribution >= 4 is 11.9 Å². The minimum Gasteiger partial charge on any atom is -0.336 e. The number of carbonyl (C=O) groups is 2. The van der Waals surface area contributed by atoms with Crippen molar-refractivity contribution in [2.24, 2.45) is 0 Å². The maximum atomic E-state index is 11.0. The molecule has 1 aliphatic rings. The maximum Gasteiger partial charge on any atom is 0.321 e. The Morgan fingerprint density at radius 2 is 2.09 bits per heavy atom. The van der Waals surface area contributed by atoms with Gasteiger partial charge in [0.2, 0.25) is 5.91 Å². The summed E-state index contributed by atoms with van der Waals surface area (Å²) in [5.41, 5.74) is 0. The molecule has 2 N–H and O–H groups in total. The first-order valence-electron chi connectivity index (χ1n) is 3.36. The molecule has 1 aliphatic heterocycles. The zero-order valence-electron chi connectivity index (χ0n) is 6.55. The fourth-order valence-electron chi connectivity index (χ4n) is 0.939. The summed E-state index contributed by atoms with van der Waals surface area (Å²) in [7, 11) is 3.59. The van der Waals surface area contributed by atoms with Crippen LogP contribution in [0.4, 0.5) is 4.79 Å². The lowest BCUT2D eigenvalue weighted by atomic mass is 10.2. The van der Waals surface area contributed by atoms with Crippen molar-refractivity contribution in [3.05, 3.63) is 0 Å². The zero-order chi connectivity index (χ0) is 8.43. The topological polar surface area (TPSA) is 61.4 Å². The molecule has 1 saturated heterocycles. The predicted octanol–water partition coefficient (Wildman–Crippen LogP) is -1.24. The Labute approximate surface area is 64.7 Å². The van der Waals surface area contributed by atoms with Gasteiger partial charge in [-0.3, -0.25) is 15.0 Å². The first-order valence-corrected chi connectivity index (χ1v) is 3.36. The molecule has 5 nitrogen and oxygen atoms in total. The molecule has 0 radical (unpaired) electrons. The number of rotatable bonds is 1. The number of nitrogens with zero attached hydrogens (tertiary/aromatic N) is 1. The standard InChI is InChI=1S/C6H11N3O2/c1-9(2)4-3-7-6(11)8-5(4)10/h4H,3H2,1-2H3,(H2,7,8,10,11). The van der Waals surface area contributed by atoms with Gasteiger partial charge in [0.15, 0.2) is 0 Å². The van der Waals surface area contributed by atoms with Crippen molar-refractivity contribution in [3.8, 4) is 0 Å². The monoisotopic (exact) mass is 157 g/mol. The van der Waals surface area contributed by atoms with Gasteiger partial charge in [-0.15, -0.1) is 0 Å². The van der Waals surface area contributed by atoms with E-state index in [9.17, 15) is 9.59 Å². The average molecular weight is 157 g/mol. The molecule has 3 amide bonds. The fourth-order valence-corrected chi connectivity index (χ4v) is 0.939. The second-order valence-corrected chi connectivity index (χ2v) is 2.68. The predicted molar refractivity (Wildman–Crippen MR) is 39.0 cm³/mol. The summed E-state index contributed by atoms with van der Waals surface area (Å²) in [4.78, 5) is 23.4. The van der Waals surface area contributed by atoms with Gasteiger partial charge in [-0.1, -0.05) is 0 Å². The van der Waals surface area contributed by atoms with E-state index in [2.05, 4.69) is 10.6 Å². The van der Waals surface area contributed by atoms with Gasteiger partial charge in [0, 0.05) is 6.54 Å². The van der Waals surface area contributed by atoms with E-state index in [-0.39, 0.29) is 11.9 Å². The Bertz CT molecular complexity index is 190. The van der Waals surface area contributed by atoms with E-state index in [1.807, 2.05) is 0 Å². The molecule has 0 spiro atoms. The van der Waals surface area contributed by atoms with E-state index in [0.29, 0.717) is 6.54 Å². The molecular weight excluding hydrogens is 146 g/mol. The fraction of sp³-hybridized carbons (Fsp3) is 0.667. The van der Waals surface area contributed by atoms with Crippen LogP contribution in [0.1, 0.15) is 0 Å². The largest absolute Gasteiger partial charge is 0.336 e. The molecular formula is C6H11N3O2. The lowest BCUT2D eigenvalue weighted by molar-refractivity contribution is -0.125. The number of hydrogen-bond acceptors (Lipinski definition) is 3. The lowest BCUT2D eigenvalue weighted by Crippen LogP contribution is -2.59. The summed E-state index contributed by atoms with van der Waals surface area (Å²) in [6, 6.07) is -0.652. The molecule has 1 fully saturated rings. The molecule has 0 saturated carbocycles. The normalized spacial score (nSPS) is 24.8. The SMILES string of the molecule is CN(C)C1CNC(=O)NC1=O. The van der Waals surface area contributed by atoms with Gasteiger partial charge < -0.3 is 5.32 Å². The first-order chi connectivity index (χ1) is 5.11. The molecule has 62 valence electrons. The minimum absolute atomic E-state index is 0.237. The van der Waals surface area contributed by atoms with Gasteiger partial charge in [-0.05, 0) is 14.1 Å². The molecule has 5 heteroatoms. The third-order valence-corrected chi connectivity index (χ3v) is 1.62. The number of amides is 3. The summed E-state index contributed by atoms with van der Waals surface area (Å²) in [5.74, 6) is -0.237. The molecule has 0 aromatic heterocycles. The second-order valence-electron chi connectivity index (χ2n) is 2.68. The molecule has 0 aromatic rings. The number of likely N-dealkylation sites (N-methyl/N-ethyl adjacent to an activating group) is 1. The van der Waals surface area contributed by atoms with E-state index < -0.39 is 6.03 Å². The van der Waals surface area contributed by atoms with Crippen LogP contribution in [-0.2, 0) is 4.79 Å². The Kier molecular flexibility index (Phi) is 2.09. The molecule has 11 heavy (non-hydrogen) atoms. The third-order valence-electron chi connectivity index (χ3n) is 1.62. The highest BCUT2D eigenvalue weighted by molar-refractivity contribution is 5.99. The Morgan fingerprint density at radius 1 is 1.45 bits per heavy atom.